The molecule has 4 amide bonds. The third-order valence-corrected chi connectivity index (χ3v) is 3.91. The Morgan fingerprint density at radius 2 is 1.29 bits per heavy atom. The zero-order valence-electron chi connectivity index (χ0n) is 15.7. The van der Waals surface area contributed by atoms with Gasteiger partial charge in [0.05, 0.1) is 6.04 Å². The first-order chi connectivity index (χ1) is 13.1. The highest BCUT2D eigenvalue weighted by Gasteiger charge is 2.28. The topological polar surface area (TPSA) is 234 Å². The lowest BCUT2D eigenvalue weighted by Crippen LogP contribution is -2.54. The summed E-state index contributed by atoms with van der Waals surface area (Å²) in [5.74, 6) is -4.23. The van der Waals surface area contributed by atoms with Crippen LogP contribution in [-0.2, 0) is 24.0 Å². The Bertz CT molecular complexity index is 570. The maximum Gasteiger partial charge on any atom is 0.326 e. The highest BCUT2D eigenvalue weighted by Crippen LogP contribution is 2.04. The second-order valence-electron chi connectivity index (χ2n) is 6.36. The minimum Gasteiger partial charge on any atom is -0.480 e. The second kappa shape index (κ2) is 13.4. The van der Waals surface area contributed by atoms with Gasteiger partial charge in [-0.05, 0) is 32.2 Å². The van der Waals surface area contributed by atoms with Gasteiger partial charge < -0.3 is 38.7 Å². The van der Waals surface area contributed by atoms with Crippen molar-refractivity contribution in [1.82, 2.24) is 10.6 Å². The minimum atomic E-state index is -1.38. The summed E-state index contributed by atoms with van der Waals surface area (Å²) in [6, 6.07) is -3.48. The molecule has 3 atom stereocenters. The van der Waals surface area contributed by atoms with E-state index < -0.39 is 47.7 Å². The van der Waals surface area contributed by atoms with Gasteiger partial charge in [-0.2, -0.15) is 0 Å². The van der Waals surface area contributed by atoms with Gasteiger partial charge in [-0.25, -0.2) is 4.79 Å². The van der Waals surface area contributed by atoms with Gasteiger partial charge in [0.25, 0.3) is 0 Å². The first-order valence-electron chi connectivity index (χ1n) is 8.94. The summed E-state index contributed by atoms with van der Waals surface area (Å²) in [5.41, 5.74) is 21.2. The number of primary amides is 2. The number of carbonyl (C=O) groups excluding carboxylic acids is 4. The predicted octanol–water partition coefficient (Wildman–Crippen LogP) is -2.97. The van der Waals surface area contributed by atoms with E-state index in [-0.39, 0.29) is 25.7 Å². The quantitative estimate of drug-likeness (QED) is 0.139. The van der Waals surface area contributed by atoms with Crippen LogP contribution >= 0.6 is 0 Å². The van der Waals surface area contributed by atoms with Crippen LogP contribution in [0.2, 0.25) is 0 Å². The lowest BCUT2D eigenvalue weighted by molar-refractivity contribution is -0.142. The Kier molecular flexibility index (Phi) is 12.1. The molecule has 3 unspecified atom stereocenters. The van der Waals surface area contributed by atoms with Crippen molar-refractivity contribution in [3.63, 3.8) is 0 Å². The molecule has 28 heavy (non-hydrogen) atoms. The fourth-order valence-corrected chi connectivity index (χ4v) is 2.29. The molecule has 0 spiro atoms. The van der Waals surface area contributed by atoms with Gasteiger partial charge in [0.15, 0.2) is 0 Å². The van der Waals surface area contributed by atoms with Crippen LogP contribution < -0.4 is 33.6 Å². The number of rotatable bonds is 15. The summed E-state index contributed by atoms with van der Waals surface area (Å²) in [6.45, 7) is 0.458. The van der Waals surface area contributed by atoms with Crippen LogP contribution in [-0.4, -0.2) is 59.4 Å². The van der Waals surface area contributed by atoms with Crippen molar-refractivity contribution in [2.24, 2.45) is 22.9 Å². The fraction of sp³-hybridized carbons (Fsp3) is 0.688. The van der Waals surface area contributed by atoms with Gasteiger partial charge in [-0.15, -0.1) is 0 Å². The van der Waals surface area contributed by atoms with Crippen molar-refractivity contribution in [2.45, 2.75) is 63.1 Å². The van der Waals surface area contributed by atoms with E-state index in [2.05, 4.69) is 10.6 Å². The van der Waals surface area contributed by atoms with E-state index >= 15 is 0 Å². The molecule has 0 aromatic rings. The monoisotopic (exact) mass is 402 g/mol. The zero-order valence-corrected chi connectivity index (χ0v) is 15.7. The lowest BCUT2D eigenvalue weighted by atomic mass is 10.1. The van der Waals surface area contributed by atoms with Crippen LogP contribution in [0.5, 0.6) is 0 Å². The molecule has 0 saturated heterocycles. The summed E-state index contributed by atoms with van der Waals surface area (Å²) in [7, 11) is 0. The molecule has 11 N–H and O–H groups in total. The van der Waals surface area contributed by atoms with Crippen molar-refractivity contribution in [2.75, 3.05) is 6.54 Å². The van der Waals surface area contributed by atoms with Crippen molar-refractivity contribution >= 4 is 29.6 Å². The number of hydrogen-bond acceptors (Lipinski definition) is 7. The Morgan fingerprint density at radius 1 is 0.786 bits per heavy atom. The normalized spacial score (nSPS) is 13.8. The van der Waals surface area contributed by atoms with Crippen LogP contribution in [0.3, 0.4) is 0 Å². The summed E-state index contributed by atoms with van der Waals surface area (Å²) in [5, 5.41) is 13.8. The highest BCUT2D eigenvalue weighted by atomic mass is 16.4. The Morgan fingerprint density at radius 3 is 1.75 bits per heavy atom. The third-order valence-electron chi connectivity index (χ3n) is 3.91. The van der Waals surface area contributed by atoms with Crippen LogP contribution in [0, 0.1) is 0 Å². The first kappa shape index (κ1) is 25.3. The third kappa shape index (κ3) is 11.1. The van der Waals surface area contributed by atoms with Crippen molar-refractivity contribution in [1.29, 1.82) is 0 Å². The number of aliphatic carboxylic acids is 1. The SMILES string of the molecule is NCCCCC(N)C(=O)NC(CCC(N)=O)C(=O)NC(CCC(N)=O)C(=O)O. The second-order valence-corrected chi connectivity index (χ2v) is 6.36. The van der Waals surface area contributed by atoms with E-state index in [4.69, 9.17) is 28.0 Å². The molecule has 0 aromatic heterocycles. The van der Waals surface area contributed by atoms with Crippen molar-refractivity contribution in [3.05, 3.63) is 0 Å². The number of nitrogens with one attached hydrogen (secondary N) is 2. The molecule has 0 aliphatic heterocycles. The van der Waals surface area contributed by atoms with E-state index in [0.717, 1.165) is 0 Å². The lowest BCUT2D eigenvalue weighted by Gasteiger charge is -2.22. The van der Waals surface area contributed by atoms with Crippen LogP contribution in [0.4, 0.5) is 0 Å². The maximum atomic E-state index is 12.4. The molecule has 0 aliphatic rings. The van der Waals surface area contributed by atoms with Gasteiger partial charge in [0.1, 0.15) is 12.1 Å². The molecule has 0 bridgehead atoms. The Hall–Kier alpha value is -2.73. The van der Waals surface area contributed by atoms with Gasteiger partial charge in [-0.3, -0.25) is 19.2 Å². The minimum absolute atomic E-state index is 0.134. The molecule has 0 heterocycles. The molecule has 0 aliphatic carbocycles. The summed E-state index contributed by atoms with van der Waals surface area (Å²) < 4.78 is 0. The number of nitrogens with two attached hydrogens (primary N) is 4. The number of carboxylic acids is 1. The average molecular weight is 402 g/mol. The van der Waals surface area contributed by atoms with Gasteiger partial charge >= 0.3 is 5.97 Å². The molecular weight excluding hydrogens is 372 g/mol. The molecule has 0 saturated carbocycles. The maximum absolute atomic E-state index is 12.4. The number of carbonyl (C=O) groups is 5. The van der Waals surface area contributed by atoms with E-state index in [1.165, 1.54) is 0 Å². The van der Waals surface area contributed by atoms with E-state index in [0.29, 0.717) is 25.8 Å². The van der Waals surface area contributed by atoms with Crippen LogP contribution in [0.1, 0.15) is 44.9 Å². The molecule has 0 rings (SSSR count). The first-order valence-corrected chi connectivity index (χ1v) is 8.94. The van der Waals surface area contributed by atoms with Gasteiger partial charge in [0, 0.05) is 12.8 Å². The van der Waals surface area contributed by atoms with E-state index in [1.807, 2.05) is 0 Å². The molecular formula is C16H30N6O6. The van der Waals surface area contributed by atoms with Gasteiger partial charge in [0.2, 0.25) is 23.6 Å². The molecule has 0 radical (unpaired) electrons. The summed E-state index contributed by atoms with van der Waals surface area (Å²) in [4.78, 5) is 57.7. The standard InChI is InChI=1S/C16H30N6O6/c17-8-2-1-3-9(18)14(25)21-10(4-6-12(19)23)15(26)22-11(16(27)28)5-7-13(20)24/h9-11H,1-8,17-18H2,(H2,19,23)(H2,20,24)(H,21,25)(H,22,26)(H,27,28). The van der Waals surface area contributed by atoms with Crippen molar-refractivity contribution < 1.29 is 29.1 Å². The Labute approximate surface area is 162 Å². The van der Waals surface area contributed by atoms with Crippen molar-refractivity contribution in [3.8, 4) is 0 Å². The number of carboxylic acid groups (broad SMARTS) is 1. The Balaban J connectivity index is 5.01. The largest absolute Gasteiger partial charge is 0.480 e. The predicted molar refractivity (Wildman–Crippen MR) is 99.2 cm³/mol. The van der Waals surface area contributed by atoms with Crippen LogP contribution in [0.15, 0.2) is 0 Å². The molecule has 12 nitrogen and oxygen atoms in total. The average Bonchev–Trinajstić information content (AvgIpc) is 2.61. The highest BCUT2D eigenvalue weighted by molar-refractivity contribution is 5.92. The summed E-state index contributed by atoms with van der Waals surface area (Å²) in [6.07, 6.45) is 0.852. The number of amides is 4. The molecule has 0 fully saturated rings. The van der Waals surface area contributed by atoms with Crippen LogP contribution in [0.25, 0.3) is 0 Å². The number of hydrogen-bond donors (Lipinski definition) is 7. The number of unbranched alkanes of at least 4 members (excludes halogenated alkanes) is 1. The molecule has 12 heteroatoms. The molecule has 160 valence electrons. The molecule has 0 aromatic carbocycles. The fourth-order valence-electron chi connectivity index (χ4n) is 2.29. The smallest absolute Gasteiger partial charge is 0.326 e. The van der Waals surface area contributed by atoms with E-state index in [9.17, 15) is 24.0 Å². The van der Waals surface area contributed by atoms with Gasteiger partial charge in [-0.1, -0.05) is 6.42 Å². The van der Waals surface area contributed by atoms with E-state index in [1.54, 1.807) is 0 Å². The summed E-state index contributed by atoms with van der Waals surface area (Å²) >= 11 is 0. The zero-order chi connectivity index (χ0) is 21.7.